The van der Waals surface area contributed by atoms with Crippen LogP contribution in [0.15, 0.2) is 35.5 Å². The third-order valence-corrected chi connectivity index (χ3v) is 6.99. The van der Waals surface area contributed by atoms with Crippen molar-refractivity contribution in [3.8, 4) is 0 Å². The molecule has 2 aliphatic carbocycles. The van der Waals surface area contributed by atoms with E-state index in [1.54, 1.807) is 11.8 Å². The Morgan fingerprint density at radius 2 is 2.03 bits per heavy atom. The van der Waals surface area contributed by atoms with Crippen LogP contribution >= 0.6 is 11.8 Å². The molecule has 4 atom stereocenters. The fraction of sp³-hybridized carbons (Fsp3) is 0.458. The molecular weight excluding hydrogens is 422 g/mol. The summed E-state index contributed by atoms with van der Waals surface area (Å²) in [5.74, 6) is 1.94. The molecule has 0 radical (unpaired) electrons. The van der Waals surface area contributed by atoms with Crippen molar-refractivity contribution in [2.45, 2.75) is 42.6 Å². The van der Waals surface area contributed by atoms with Gasteiger partial charge in [0.15, 0.2) is 5.82 Å². The lowest BCUT2D eigenvalue weighted by Gasteiger charge is -2.34. The fourth-order valence-corrected chi connectivity index (χ4v) is 5.38. The summed E-state index contributed by atoms with van der Waals surface area (Å²) in [4.78, 5) is 12.1. The second-order valence-electron chi connectivity index (χ2n) is 8.63. The van der Waals surface area contributed by atoms with E-state index in [4.69, 9.17) is 19.4 Å². The van der Waals surface area contributed by atoms with Crippen molar-refractivity contribution >= 4 is 23.9 Å². The summed E-state index contributed by atoms with van der Waals surface area (Å²) < 4.78 is 12.4. The topological polar surface area (TPSA) is 76.2 Å². The van der Waals surface area contributed by atoms with Crippen LogP contribution in [0.3, 0.4) is 0 Å². The van der Waals surface area contributed by atoms with Crippen molar-refractivity contribution in [3.05, 3.63) is 58.2 Å². The van der Waals surface area contributed by atoms with Gasteiger partial charge in [-0.25, -0.2) is 9.97 Å². The van der Waals surface area contributed by atoms with Crippen molar-refractivity contribution < 1.29 is 9.47 Å². The fourth-order valence-electron chi connectivity index (χ4n) is 4.24. The van der Waals surface area contributed by atoms with Gasteiger partial charge in [0, 0.05) is 29.6 Å². The van der Waals surface area contributed by atoms with Crippen molar-refractivity contribution in [1.29, 1.82) is 0 Å². The summed E-state index contributed by atoms with van der Waals surface area (Å²) >= 11 is 1.78. The Morgan fingerprint density at radius 3 is 2.81 bits per heavy atom. The molecule has 1 saturated heterocycles. The van der Waals surface area contributed by atoms with Gasteiger partial charge in [0.25, 0.3) is 0 Å². The van der Waals surface area contributed by atoms with Crippen LogP contribution in [-0.2, 0) is 9.47 Å². The Bertz CT molecular complexity index is 1160. The lowest BCUT2D eigenvalue weighted by Crippen LogP contribution is -2.41. The summed E-state index contributed by atoms with van der Waals surface area (Å²) in [6.45, 7) is 3.49. The van der Waals surface area contributed by atoms with Crippen LogP contribution in [-0.4, -0.2) is 70.3 Å². The highest BCUT2D eigenvalue weighted by Crippen LogP contribution is 2.29. The van der Waals surface area contributed by atoms with Gasteiger partial charge in [0.1, 0.15) is 23.3 Å². The largest absolute Gasteiger partial charge is 0.368 e. The molecule has 0 aromatic carbocycles. The molecule has 0 bridgehead atoms. The lowest BCUT2D eigenvalue weighted by atomic mass is 9.92. The van der Waals surface area contributed by atoms with Gasteiger partial charge < -0.3 is 14.4 Å². The summed E-state index contributed by atoms with van der Waals surface area (Å²) in [5, 5.41) is 10.4. The van der Waals surface area contributed by atoms with Gasteiger partial charge in [0.2, 0.25) is 0 Å². The molecule has 32 heavy (non-hydrogen) atoms. The van der Waals surface area contributed by atoms with Crippen LogP contribution < -0.4 is 10.6 Å². The SMILES string of the molecule is Cc1n[nH]cc1C1C=c2c(SCCN(C)C)nc(C3COC4C=CC=CC4O3)nc2=CC1. The number of aryl methyl sites for hydroxylation is 1. The van der Waals surface area contributed by atoms with E-state index < -0.39 is 0 Å². The van der Waals surface area contributed by atoms with E-state index in [0.29, 0.717) is 12.4 Å². The average Bonchev–Trinajstić information content (AvgIpc) is 3.24. The molecule has 8 heteroatoms. The number of aromatic amines is 1. The summed E-state index contributed by atoms with van der Waals surface area (Å²) in [7, 11) is 4.18. The Kier molecular flexibility index (Phi) is 6.28. The van der Waals surface area contributed by atoms with E-state index in [1.165, 1.54) is 5.56 Å². The zero-order valence-corrected chi connectivity index (χ0v) is 19.5. The highest BCUT2D eigenvalue weighted by atomic mass is 32.2. The average molecular weight is 452 g/mol. The molecule has 2 aromatic rings. The second kappa shape index (κ2) is 9.31. The summed E-state index contributed by atoms with van der Waals surface area (Å²) in [6.07, 6.45) is 15.1. The molecule has 7 nitrogen and oxygen atoms in total. The van der Waals surface area contributed by atoms with Gasteiger partial charge in [-0.05, 0) is 33.0 Å². The Hall–Kier alpha value is -2.26. The normalized spacial score (nSPS) is 26.4. The molecule has 0 amide bonds. The quantitative estimate of drug-likeness (QED) is 0.531. The molecule has 168 valence electrons. The Balaban J connectivity index is 1.49. The van der Waals surface area contributed by atoms with Crippen LogP contribution in [0, 0.1) is 6.92 Å². The summed E-state index contributed by atoms with van der Waals surface area (Å²) in [6, 6.07) is 0. The first kappa shape index (κ1) is 21.6. The van der Waals surface area contributed by atoms with Gasteiger partial charge in [-0.15, -0.1) is 11.8 Å². The highest BCUT2D eigenvalue weighted by Gasteiger charge is 2.32. The van der Waals surface area contributed by atoms with E-state index >= 15 is 0 Å². The minimum atomic E-state index is -0.270. The van der Waals surface area contributed by atoms with Crippen molar-refractivity contribution in [1.82, 2.24) is 25.1 Å². The van der Waals surface area contributed by atoms with Crippen LogP contribution in [0.2, 0.25) is 0 Å². The number of rotatable bonds is 6. The van der Waals surface area contributed by atoms with Gasteiger partial charge in [-0.2, -0.15) is 5.10 Å². The van der Waals surface area contributed by atoms with Gasteiger partial charge in [-0.3, -0.25) is 5.10 Å². The molecule has 3 aliphatic rings. The molecule has 2 aromatic heterocycles. The lowest BCUT2D eigenvalue weighted by molar-refractivity contribution is -0.153. The minimum Gasteiger partial charge on any atom is -0.368 e. The van der Waals surface area contributed by atoms with Gasteiger partial charge in [-0.1, -0.05) is 36.5 Å². The molecule has 1 aliphatic heterocycles. The van der Waals surface area contributed by atoms with E-state index in [-0.39, 0.29) is 24.2 Å². The molecule has 4 unspecified atom stereocenters. The van der Waals surface area contributed by atoms with Gasteiger partial charge in [0.05, 0.1) is 17.6 Å². The molecular formula is C24H29N5O2S. The number of ether oxygens (including phenoxy) is 2. The number of H-pyrrole nitrogens is 1. The summed E-state index contributed by atoms with van der Waals surface area (Å²) in [5.41, 5.74) is 2.27. The third kappa shape index (κ3) is 4.45. The first-order chi connectivity index (χ1) is 15.6. The van der Waals surface area contributed by atoms with Crippen molar-refractivity contribution in [2.24, 2.45) is 0 Å². The van der Waals surface area contributed by atoms with E-state index in [0.717, 1.165) is 40.0 Å². The smallest absolute Gasteiger partial charge is 0.161 e. The number of nitrogens with zero attached hydrogens (tertiary/aromatic N) is 4. The molecule has 0 spiro atoms. The maximum absolute atomic E-state index is 6.32. The monoisotopic (exact) mass is 451 g/mol. The first-order valence-corrected chi connectivity index (χ1v) is 12.1. The second-order valence-corrected chi connectivity index (χ2v) is 9.72. The number of hydrogen-bond acceptors (Lipinski definition) is 7. The van der Waals surface area contributed by atoms with Crippen LogP contribution in [0.4, 0.5) is 0 Å². The molecule has 5 rings (SSSR count). The number of allylic oxidation sites excluding steroid dienone is 2. The maximum Gasteiger partial charge on any atom is 0.161 e. The third-order valence-electron chi connectivity index (χ3n) is 6.02. The molecule has 1 fully saturated rings. The van der Waals surface area contributed by atoms with Crippen LogP contribution in [0.5, 0.6) is 0 Å². The molecule has 1 N–H and O–H groups in total. The predicted octanol–water partition coefficient (Wildman–Crippen LogP) is 1.86. The van der Waals surface area contributed by atoms with E-state index in [1.807, 2.05) is 37.4 Å². The number of hydrogen-bond donors (Lipinski definition) is 1. The predicted molar refractivity (Wildman–Crippen MR) is 126 cm³/mol. The minimum absolute atomic E-state index is 0.0262. The number of aromatic nitrogens is 4. The van der Waals surface area contributed by atoms with Crippen molar-refractivity contribution in [2.75, 3.05) is 33.0 Å². The number of nitrogens with one attached hydrogen (secondary N) is 1. The van der Waals surface area contributed by atoms with Crippen LogP contribution in [0.1, 0.15) is 35.5 Å². The standard InChI is InChI=1S/C24H29N5O2S/c1-15-18(13-25-28-15)16-8-9-19-17(12-16)24(32-11-10-29(2)3)27-23(26-19)22-14-30-20-6-4-5-7-21(20)31-22/h4-7,9,12-13,16,20-22H,8,10-11,14H2,1-3H3,(H,25,28). The highest BCUT2D eigenvalue weighted by molar-refractivity contribution is 7.99. The molecule has 3 heterocycles. The first-order valence-electron chi connectivity index (χ1n) is 11.1. The zero-order valence-electron chi connectivity index (χ0n) is 18.7. The van der Waals surface area contributed by atoms with E-state index in [2.05, 4.69) is 41.3 Å². The van der Waals surface area contributed by atoms with Gasteiger partial charge >= 0.3 is 0 Å². The van der Waals surface area contributed by atoms with E-state index in [9.17, 15) is 0 Å². The van der Waals surface area contributed by atoms with Crippen molar-refractivity contribution in [3.63, 3.8) is 0 Å². The number of fused-ring (bicyclic) bond motifs is 2. The molecule has 0 saturated carbocycles. The number of thioether (sulfide) groups is 1. The zero-order chi connectivity index (χ0) is 22.1. The Labute approximate surface area is 192 Å². The van der Waals surface area contributed by atoms with Crippen LogP contribution in [0.25, 0.3) is 12.2 Å². The Morgan fingerprint density at radius 1 is 1.19 bits per heavy atom. The maximum atomic E-state index is 6.32.